The molecule has 14 heavy (non-hydrogen) atoms. The first-order valence-electron chi connectivity index (χ1n) is 5.45. The third kappa shape index (κ3) is 6.58. The minimum Gasteiger partial charge on any atom is -0.297 e. The highest BCUT2D eigenvalue weighted by Crippen LogP contribution is 2.20. The molecule has 2 atom stereocenters. The summed E-state index contributed by atoms with van der Waals surface area (Å²) in [6.45, 7) is 4.35. The van der Waals surface area contributed by atoms with Gasteiger partial charge in [-0.2, -0.15) is 0 Å². The second kappa shape index (κ2) is 9.36. The van der Waals surface area contributed by atoms with Gasteiger partial charge in [0.1, 0.15) is 0 Å². The summed E-state index contributed by atoms with van der Waals surface area (Å²) in [6.07, 6.45) is 6.84. The van der Waals surface area contributed by atoms with Gasteiger partial charge in [0, 0.05) is 0 Å². The van der Waals surface area contributed by atoms with Crippen LogP contribution in [0.5, 0.6) is 0 Å². The van der Waals surface area contributed by atoms with Gasteiger partial charge in [-0.05, 0) is 12.8 Å². The molecule has 0 bridgehead atoms. The maximum atomic E-state index is 11.8. The molecule has 0 heterocycles. The summed E-state index contributed by atoms with van der Waals surface area (Å²) in [5, 5.41) is 0. The molecular weight excluding hydrogens is 402 g/mol. The summed E-state index contributed by atoms with van der Waals surface area (Å²) in [6, 6.07) is 0. The smallest absolute Gasteiger partial charge is 0.158 e. The fraction of sp³-hybridized carbons (Fsp3) is 0.909. The van der Waals surface area contributed by atoms with Gasteiger partial charge in [-0.3, -0.25) is 4.79 Å². The van der Waals surface area contributed by atoms with Crippen molar-refractivity contribution >= 4 is 51.0 Å². The Morgan fingerprint density at radius 1 is 1.00 bits per heavy atom. The lowest BCUT2D eigenvalue weighted by atomic mass is 10.1. The minimum atomic E-state index is 0.242. The number of hydrogen-bond donors (Lipinski definition) is 0. The molecule has 0 amide bonds. The maximum Gasteiger partial charge on any atom is 0.158 e. The number of unbranched alkanes of at least 4 members (excludes halogenated alkanes) is 2. The van der Waals surface area contributed by atoms with Crippen molar-refractivity contribution < 1.29 is 4.79 Å². The van der Waals surface area contributed by atoms with Gasteiger partial charge in [-0.25, -0.2) is 0 Å². The lowest BCUT2D eigenvalue weighted by molar-refractivity contribution is -0.117. The molecule has 84 valence electrons. The number of carbonyl (C=O) groups is 1. The van der Waals surface area contributed by atoms with Crippen LogP contribution < -0.4 is 0 Å². The molecule has 0 aliphatic carbocycles. The van der Waals surface area contributed by atoms with E-state index in [2.05, 4.69) is 59.0 Å². The van der Waals surface area contributed by atoms with Crippen LogP contribution in [0.1, 0.15) is 52.4 Å². The topological polar surface area (TPSA) is 17.1 Å². The average Bonchev–Trinajstić information content (AvgIpc) is 2.21. The van der Waals surface area contributed by atoms with E-state index in [-0.39, 0.29) is 7.85 Å². The summed E-state index contributed by atoms with van der Waals surface area (Å²) >= 11 is 4.61. The predicted molar refractivity (Wildman–Crippen MR) is 79.7 cm³/mol. The molecule has 0 aromatic heterocycles. The molecule has 0 aromatic rings. The Balaban J connectivity index is 3.78. The number of Topliss-reactive ketones (excluding diaryl/α,β-unsaturated/α-hetero) is 1. The van der Waals surface area contributed by atoms with Crippen molar-refractivity contribution in [2.75, 3.05) is 0 Å². The molecular formula is C11H20I2O. The molecule has 0 aliphatic heterocycles. The van der Waals surface area contributed by atoms with Crippen molar-refractivity contribution in [1.29, 1.82) is 0 Å². The number of hydrogen-bond acceptors (Lipinski definition) is 1. The summed E-state index contributed by atoms with van der Waals surface area (Å²) in [7, 11) is 0. The highest BCUT2D eigenvalue weighted by molar-refractivity contribution is 14.1. The van der Waals surface area contributed by atoms with Gasteiger partial charge in [0.15, 0.2) is 5.78 Å². The Kier molecular flexibility index (Phi) is 10.1. The number of rotatable bonds is 8. The Labute approximate surface area is 115 Å². The zero-order chi connectivity index (χ0) is 11.0. The Morgan fingerprint density at radius 2 is 1.36 bits per heavy atom. The second-order valence-electron chi connectivity index (χ2n) is 3.62. The molecule has 0 saturated carbocycles. The highest BCUT2D eigenvalue weighted by atomic mass is 127. The van der Waals surface area contributed by atoms with Crippen molar-refractivity contribution in [2.45, 2.75) is 60.2 Å². The number of alkyl halides is 2. The third-order valence-corrected chi connectivity index (χ3v) is 4.71. The van der Waals surface area contributed by atoms with E-state index in [4.69, 9.17) is 0 Å². The van der Waals surface area contributed by atoms with Crippen LogP contribution in [0.3, 0.4) is 0 Å². The molecule has 0 spiro atoms. The highest BCUT2D eigenvalue weighted by Gasteiger charge is 2.21. The lowest BCUT2D eigenvalue weighted by Crippen LogP contribution is -2.23. The summed E-state index contributed by atoms with van der Waals surface area (Å²) in [5.41, 5.74) is 0. The molecule has 0 radical (unpaired) electrons. The van der Waals surface area contributed by atoms with Crippen molar-refractivity contribution in [3.8, 4) is 0 Å². The van der Waals surface area contributed by atoms with Crippen LogP contribution in [0, 0.1) is 0 Å². The fourth-order valence-corrected chi connectivity index (χ4v) is 3.68. The van der Waals surface area contributed by atoms with Crippen LogP contribution in [-0.2, 0) is 4.79 Å². The van der Waals surface area contributed by atoms with Crippen LogP contribution in [0.15, 0.2) is 0 Å². The monoisotopic (exact) mass is 422 g/mol. The van der Waals surface area contributed by atoms with Crippen molar-refractivity contribution in [1.82, 2.24) is 0 Å². The van der Waals surface area contributed by atoms with E-state index in [9.17, 15) is 4.79 Å². The molecule has 0 aliphatic rings. The van der Waals surface area contributed by atoms with Crippen LogP contribution in [0.25, 0.3) is 0 Å². The largest absolute Gasteiger partial charge is 0.297 e. The predicted octanol–water partition coefficient (Wildman–Crippen LogP) is 4.54. The average molecular weight is 422 g/mol. The fourth-order valence-electron chi connectivity index (χ4n) is 1.25. The molecule has 0 fully saturated rings. The molecule has 0 saturated heterocycles. The van der Waals surface area contributed by atoms with E-state index < -0.39 is 0 Å². The lowest BCUT2D eigenvalue weighted by Gasteiger charge is -2.12. The Hall–Kier alpha value is 1.13. The zero-order valence-corrected chi connectivity index (χ0v) is 13.4. The molecule has 1 nitrogen and oxygen atoms in total. The first-order valence-corrected chi connectivity index (χ1v) is 7.94. The Bertz CT molecular complexity index is 143. The van der Waals surface area contributed by atoms with Crippen molar-refractivity contribution in [2.24, 2.45) is 0 Å². The van der Waals surface area contributed by atoms with Gasteiger partial charge in [-0.1, -0.05) is 84.7 Å². The normalized spacial score (nSPS) is 15.1. The van der Waals surface area contributed by atoms with Crippen LogP contribution in [-0.4, -0.2) is 13.6 Å². The maximum absolute atomic E-state index is 11.8. The third-order valence-electron chi connectivity index (χ3n) is 2.24. The van der Waals surface area contributed by atoms with Gasteiger partial charge in [0.2, 0.25) is 0 Å². The van der Waals surface area contributed by atoms with Crippen molar-refractivity contribution in [3.63, 3.8) is 0 Å². The molecule has 0 rings (SSSR count). The zero-order valence-electron chi connectivity index (χ0n) is 9.06. The van der Waals surface area contributed by atoms with E-state index in [1.54, 1.807) is 0 Å². The van der Waals surface area contributed by atoms with E-state index in [1.807, 2.05) is 0 Å². The molecule has 0 N–H and O–H groups in total. The van der Waals surface area contributed by atoms with Crippen LogP contribution in [0.2, 0.25) is 0 Å². The number of ketones is 1. The Morgan fingerprint density at radius 3 is 1.64 bits per heavy atom. The van der Waals surface area contributed by atoms with Gasteiger partial charge in [0.25, 0.3) is 0 Å². The quantitative estimate of drug-likeness (QED) is 0.415. The van der Waals surface area contributed by atoms with Crippen molar-refractivity contribution in [3.05, 3.63) is 0 Å². The van der Waals surface area contributed by atoms with E-state index in [1.165, 1.54) is 25.7 Å². The van der Waals surface area contributed by atoms with Crippen LogP contribution >= 0.6 is 45.2 Å². The second-order valence-corrected chi connectivity index (χ2v) is 6.63. The molecule has 0 aromatic carbocycles. The van der Waals surface area contributed by atoms with Gasteiger partial charge < -0.3 is 0 Å². The first kappa shape index (κ1) is 15.1. The van der Waals surface area contributed by atoms with Gasteiger partial charge >= 0.3 is 0 Å². The number of halogens is 2. The van der Waals surface area contributed by atoms with Gasteiger partial charge in [-0.15, -0.1) is 0 Å². The standard InChI is InChI=1S/C11H20I2O/c1-3-5-7-9(12)11(14)10(13)8-6-4-2/h9-10H,3-8H2,1-2H3. The first-order chi connectivity index (χ1) is 6.63. The SMILES string of the molecule is CCCCC(I)C(=O)C(I)CCCC. The summed E-state index contributed by atoms with van der Waals surface area (Å²) in [4.78, 5) is 11.8. The van der Waals surface area contributed by atoms with E-state index in [0.29, 0.717) is 5.78 Å². The van der Waals surface area contributed by atoms with Gasteiger partial charge in [0.05, 0.1) is 7.85 Å². The minimum absolute atomic E-state index is 0.242. The summed E-state index contributed by atoms with van der Waals surface area (Å²) in [5.74, 6) is 0.452. The molecule has 3 heteroatoms. The number of carbonyl (C=O) groups excluding carboxylic acids is 1. The van der Waals surface area contributed by atoms with E-state index in [0.717, 1.165) is 12.8 Å². The summed E-state index contributed by atoms with van der Waals surface area (Å²) < 4.78 is 0.484. The molecule has 2 unspecified atom stereocenters. The van der Waals surface area contributed by atoms with Crippen LogP contribution in [0.4, 0.5) is 0 Å². The van der Waals surface area contributed by atoms with E-state index >= 15 is 0 Å².